The lowest BCUT2D eigenvalue weighted by molar-refractivity contribution is -0.150. The monoisotopic (exact) mass is 418 g/mol. The second-order valence-electron chi connectivity index (χ2n) is 7.06. The molecule has 156 valence electrons. The number of esters is 1. The van der Waals surface area contributed by atoms with Crippen molar-refractivity contribution in [2.45, 2.75) is 38.6 Å². The van der Waals surface area contributed by atoms with Gasteiger partial charge in [0.25, 0.3) is 5.91 Å². The number of carbonyl (C=O) groups excluding carboxylic acids is 2. The molecule has 0 saturated carbocycles. The normalized spacial score (nSPS) is 12.4. The van der Waals surface area contributed by atoms with Crippen LogP contribution in [-0.4, -0.2) is 32.9 Å². The van der Waals surface area contributed by atoms with E-state index in [2.05, 4.69) is 10.0 Å². The molecule has 0 radical (unpaired) electrons. The molecule has 0 saturated heterocycles. The molecule has 0 aliphatic rings. The number of hydrogen-bond acceptors (Lipinski definition) is 5. The van der Waals surface area contributed by atoms with Crippen molar-refractivity contribution in [2.75, 3.05) is 11.9 Å². The molecule has 2 aromatic rings. The number of ether oxygens (including phenoxy) is 1. The van der Waals surface area contributed by atoms with Gasteiger partial charge in [0.15, 0.2) is 6.61 Å². The summed E-state index contributed by atoms with van der Waals surface area (Å²) < 4.78 is 32.4. The number of sulfonamides is 1. The third-order valence-electron chi connectivity index (χ3n) is 4.48. The number of nitrogens with one attached hydrogen (secondary N) is 2. The molecule has 0 spiro atoms. The second-order valence-corrected chi connectivity index (χ2v) is 8.77. The van der Waals surface area contributed by atoms with Gasteiger partial charge in [-0.1, -0.05) is 44.2 Å². The maximum atomic E-state index is 12.5. The molecule has 29 heavy (non-hydrogen) atoms. The molecule has 2 rings (SSSR count). The van der Waals surface area contributed by atoms with E-state index >= 15 is 0 Å². The topological polar surface area (TPSA) is 102 Å². The van der Waals surface area contributed by atoms with Crippen LogP contribution in [0.25, 0.3) is 0 Å². The summed E-state index contributed by atoms with van der Waals surface area (Å²) in [6, 6.07) is 12.1. The quantitative estimate of drug-likeness (QED) is 0.642. The Bertz CT molecular complexity index is 972. The van der Waals surface area contributed by atoms with Crippen LogP contribution in [0.1, 0.15) is 25.0 Å². The molecule has 0 aromatic heterocycles. The SMILES string of the molecule is Cc1cccc(NC(=O)COC(=O)[C@H](NS(=O)(=O)c2ccccc2)C(C)C)c1C. The van der Waals surface area contributed by atoms with Crippen molar-refractivity contribution in [3.63, 3.8) is 0 Å². The number of aryl methyl sites for hydroxylation is 1. The van der Waals surface area contributed by atoms with Crippen LogP contribution >= 0.6 is 0 Å². The summed E-state index contributed by atoms with van der Waals surface area (Å²) in [5.74, 6) is -1.68. The fourth-order valence-electron chi connectivity index (χ4n) is 2.59. The Morgan fingerprint density at radius 3 is 2.28 bits per heavy atom. The van der Waals surface area contributed by atoms with Gasteiger partial charge in [-0.05, 0) is 49.1 Å². The highest BCUT2D eigenvalue weighted by molar-refractivity contribution is 7.89. The first kappa shape index (κ1) is 22.6. The van der Waals surface area contributed by atoms with Crippen LogP contribution in [0, 0.1) is 19.8 Å². The molecule has 2 aromatic carbocycles. The maximum Gasteiger partial charge on any atom is 0.324 e. The molecule has 0 bridgehead atoms. The van der Waals surface area contributed by atoms with Crippen molar-refractivity contribution in [3.8, 4) is 0 Å². The standard InChI is InChI=1S/C21H26N2O5S/c1-14(2)20(23-29(26,27)17-10-6-5-7-11-17)21(25)28-13-19(24)22-18-12-8-9-15(3)16(18)4/h5-12,14,20,23H,13H2,1-4H3,(H,22,24)/t20-/m1/s1. The summed E-state index contributed by atoms with van der Waals surface area (Å²) >= 11 is 0. The fourth-order valence-corrected chi connectivity index (χ4v) is 3.94. The van der Waals surface area contributed by atoms with Crippen LogP contribution in [0.5, 0.6) is 0 Å². The Balaban J connectivity index is 2.01. The first-order valence-electron chi connectivity index (χ1n) is 9.22. The molecule has 0 aliphatic heterocycles. The van der Waals surface area contributed by atoms with Gasteiger partial charge < -0.3 is 10.1 Å². The van der Waals surface area contributed by atoms with E-state index in [-0.39, 0.29) is 10.8 Å². The molecule has 7 nitrogen and oxygen atoms in total. The summed E-state index contributed by atoms with van der Waals surface area (Å²) in [4.78, 5) is 24.6. The van der Waals surface area contributed by atoms with E-state index in [0.29, 0.717) is 5.69 Å². The van der Waals surface area contributed by atoms with Gasteiger partial charge in [0.05, 0.1) is 4.90 Å². The van der Waals surface area contributed by atoms with Crippen LogP contribution < -0.4 is 10.0 Å². The number of carbonyl (C=O) groups is 2. The third kappa shape index (κ3) is 6.13. The van der Waals surface area contributed by atoms with Gasteiger partial charge in [-0.15, -0.1) is 0 Å². The number of rotatable bonds is 8. The first-order valence-corrected chi connectivity index (χ1v) is 10.7. The summed E-state index contributed by atoms with van der Waals surface area (Å²) in [7, 11) is -3.90. The average Bonchev–Trinajstić information content (AvgIpc) is 2.68. The average molecular weight is 419 g/mol. The van der Waals surface area contributed by atoms with Gasteiger partial charge in [-0.25, -0.2) is 8.42 Å². The lowest BCUT2D eigenvalue weighted by Gasteiger charge is -2.20. The largest absolute Gasteiger partial charge is 0.454 e. The van der Waals surface area contributed by atoms with Gasteiger partial charge in [0, 0.05) is 5.69 Å². The molecule has 8 heteroatoms. The molecule has 1 atom stereocenters. The van der Waals surface area contributed by atoms with Crippen LogP contribution in [0.2, 0.25) is 0 Å². The van der Waals surface area contributed by atoms with Gasteiger partial charge in [-0.2, -0.15) is 4.72 Å². The maximum absolute atomic E-state index is 12.5. The second kappa shape index (κ2) is 9.67. The van der Waals surface area contributed by atoms with Crippen LogP contribution in [0.15, 0.2) is 53.4 Å². The Morgan fingerprint density at radius 1 is 1.00 bits per heavy atom. The van der Waals surface area contributed by atoms with E-state index in [0.717, 1.165) is 11.1 Å². The molecule has 0 aliphatic carbocycles. The van der Waals surface area contributed by atoms with E-state index in [4.69, 9.17) is 4.74 Å². The predicted molar refractivity (Wildman–Crippen MR) is 111 cm³/mol. The van der Waals surface area contributed by atoms with E-state index in [9.17, 15) is 18.0 Å². The van der Waals surface area contributed by atoms with Crippen molar-refractivity contribution >= 4 is 27.6 Å². The summed E-state index contributed by atoms with van der Waals surface area (Å²) in [6.07, 6.45) is 0. The van der Waals surface area contributed by atoms with Crippen LogP contribution in [-0.2, 0) is 24.3 Å². The molecular formula is C21H26N2O5S. The minimum atomic E-state index is -3.90. The molecular weight excluding hydrogens is 392 g/mol. The smallest absolute Gasteiger partial charge is 0.324 e. The minimum absolute atomic E-state index is 0.0473. The highest BCUT2D eigenvalue weighted by Crippen LogP contribution is 2.18. The zero-order chi connectivity index (χ0) is 21.6. The number of hydrogen-bond donors (Lipinski definition) is 2. The Morgan fingerprint density at radius 2 is 1.66 bits per heavy atom. The lowest BCUT2D eigenvalue weighted by Crippen LogP contribution is -2.45. The van der Waals surface area contributed by atoms with Gasteiger partial charge in [0.1, 0.15) is 6.04 Å². The molecule has 2 N–H and O–H groups in total. The summed E-state index contributed by atoms with van der Waals surface area (Å²) in [6.45, 7) is 6.68. The zero-order valence-corrected chi connectivity index (χ0v) is 17.7. The highest BCUT2D eigenvalue weighted by Gasteiger charge is 2.30. The minimum Gasteiger partial charge on any atom is -0.454 e. The van der Waals surface area contributed by atoms with E-state index in [1.54, 1.807) is 38.1 Å². The van der Waals surface area contributed by atoms with E-state index < -0.39 is 34.5 Å². The van der Waals surface area contributed by atoms with Crippen molar-refractivity contribution in [3.05, 3.63) is 59.7 Å². The molecule has 0 fully saturated rings. The summed E-state index contributed by atoms with van der Waals surface area (Å²) in [5.41, 5.74) is 2.58. The number of anilines is 1. The fraction of sp³-hybridized carbons (Fsp3) is 0.333. The Kier molecular flexibility index (Phi) is 7.53. The highest BCUT2D eigenvalue weighted by atomic mass is 32.2. The van der Waals surface area contributed by atoms with Crippen molar-refractivity contribution in [1.82, 2.24) is 4.72 Å². The van der Waals surface area contributed by atoms with Crippen LogP contribution in [0.4, 0.5) is 5.69 Å². The number of benzene rings is 2. The van der Waals surface area contributed by atoms with Crippen molar-refractivity contribution in [2.24, 2.45) is 5.92 Å². The zero-order valence-electron chi connectivity index (χ0n) is 16.9. The Hall–Kier alpha value is -2.71. The van der Waals surface area contributed by atoms with Crippen molar-refractivity contribution < 1.29 is 22.7 Å². The first-order chi connectivity index (χ1) is 13.6. The Labute approximate surface area is 171 Å². The third-order valence-corrected chi connectivity index (χ3v) is 5.94. The lowest BCUT2D eigenvalue weighted by atomic mass is 10.1. The molecule has 1 amide bonds. The van der Waals surface area contributed by atoms with Gasteiger partial charge in [-0.3, -0.25) is 9.59 Å². The van der Waals surface area contributed by atoms with Crippen LogP contribution in [0.3, 0.4) is 0 Å². The van der Waals surface area contributed by atoms with E-state index in [1.807, 2.05) is 26.0 Å². The molecule has 0 unspecified atom stereocenters. The number of amides is 1. The van der Waals surface area contributed by atoms with Gasteiger partial charge in [0.2, 0.25) is 10.0 Å². The summed E-state index contributed by atoms with van der Waals surface area (Å²) in [5, 5.41) is 2.69. The predicted octanol–water partition coefficient (Wildman–Crippen LogP) is 2.79. The van der Waals surface area contributed by atoms with E-state index in [1.165, 1.54) is 12.1 Å². The van der Waals surface area contributed by atoms with Crippen molar-refractivity contribution in [1.29, 1.82) is 0 Å². The van der Waals surface area contributed by atoms with Gasteiger partial charge >= 0.3 is 5.97 Å². The molecule has 0 heterocycles.